The van der Waals surface area contributed by atoms with E-state index in [4.69, 9.17) is 16.3 Å². The first-order chi connectivity index (χ1) is 10.1. The van der Waals surface area contributed by atoms with E-state index in [-0.39, 0.29) is 5.97 Å². The summed E-state index contributed by atoms with van der Waals surface area (Å²) in [5.74, 6) is -0.270. The van der Waals surface area contributed by atoms with Crippen LogP contribution in [0.1, 0.15) is 56.5 Å². The van der Waals surface area contributed by atoms with E-state index in [1.807, 2.05) is 27.7 Å². The van der Waals surface area contributed by atoms with Crippen molar-refractivity contribution in [3.8, 4) is 0 Å². The fourth-order valence-electron chi connectivity index (χ4n) is 2.61. The Morgan fingerprint density at radius 3 is 2.38 bits per heavy atom. The second-order valence-corrected chi connectivity index (χ2v) is 5.13. The van der Waals surface area contributed by atoms with Crippen LogP contribution in [0.5, 0.6) is 0 Å². The molecule has 0 aromatic carbocycles. The van der Waals surface area contributed by atoms with Crippen LogP contribution in [-0.2, 0) is 10.3 Å². The van der Waals surface area contributed by atoms with Crippen molar-refractivity contribution in [3.05, 3.63) is 28.5 Å². The van der Waals surface area contributed by atoms with Crippen LogP contribution in [0, 0.1) is 0 Å². The molecule has 1 aromatic rings. The van der Waals surface area contributed by atoms with Crippen molar-refractivity contribution < 1.29 is 9.53 Å². The van der Waals surface area contributed by atoms with Crippen molar-refractivity contribution in [2.45, 2.75) is 46.1 Å². The maximum Gasteiger partial charge on any atom is 0.341 e. The Labute approximate surface area is 132 Å². The van der Waals surface area contributed by atoms with Gasteiger partial charge in [0.2, 0.25) is 0 Å². The maximum absolute atomic E-state index is 11.8. The largest absolute Gasteiger partial charge is 0.450 e. The average Bonchev–Trinajstić information content (AvgIpc) is 2.79. The lowest BCUT2D eigenvalue weighted by Gasteiger charge is -2.36. The molecule has 1 fully saturated rings. The fraction of sp³-hybridized carbons (Fsp3) is 0.625. The number of likely N-dealkylation sites (tertiary alicyclic amines) is 1. The van der Waals surface area contributed by atoms with E-state index < -0.39 is 5.60 Å². The highest BCUT2D eigenvalue weighted by atomic mass is 35.5. The molecule has 0 aliphatic carbocycles. The number of esters is 1. The van der Waals surface area contributed by atoms with Gasteiger partial charge in [-0.1, -0.05) is 39.3 Å². The van der Waals surface area contributed by atoms with E-state index in [9.17, 15) is 4.79 Å². The Hall–Kier alpha value is -1.13. The average molecular weight is 313 g/mol. The van der Waals surface area contributed by atoms with Gasteiger partial charge in [-0.2, -0.15) is 0 Å². The first-order valence-corrected chi connectivity index (χ1v) is 8.06. The van der Waals surface area contributed by atoms with E-state index in [1.165, 1.54) is 6.20 Å². The van der Waals surface area contributed by atoms with Gasteiger partial charge in [-0.25, -0.2) is 9.78 Å². The normalized spacial score (nSPS) is 18.9. The summed E-state index contributed by atoms with van der Waals surface area (Å²) in [6, 6.07) is 1.77. The number of rotatable bonds is 0. The first-order valence-electron chi connectivity index (χ1n) is 7.69. The summed E-state index contributed by atoms with van der Waals surface area (Å²) in [5, 5.41) is 0.417. The summed E-state index contributed by atoms with van der Waals surface area (Å²) < 4.78 is 5.60. The van der Waals surface area contributed by atoms with E-state index >= 15 is 0 Å². The number of hydrogen-bond donors (Lipinski definition) is 0. The number of fused-ring (bicyclic) bond motifs is 2. The van der Waals surface area contributed by atoms with Crippen LogP contribution in [0.25, 0.3) is 0 Å². The molecule has 2 aliphatic rings. The fourth-order valence-corrected chi connectivity index (χ4v) is 2.77. The van der Waals surface area contributed by atoms with E-state index in [2.05, 4.69) is 16.9 Å². The molecule has 1 spiro atoms. The molecule has 0 N–H and O–H groups in total. The quantitative estimate of drug-likeness (QED) is 0.538. The van der Waals surface area contributed by atoms with Crippen LogP contribution in [0.3, 0.4) is 0 Å². The molecule has 0 unspecified atom stereocenters. The molecule has 1 aromatic heterocycles. The summed E-state index contributed by atoms with van der Waals surface area (Å²) in [5.41, 5.74) is 1.01. The number of hydrogen-bond acceptors (Lipinski definition) is 4. The Balaban J connectivity index is 0.000000510. The molecule has 21 heavy (non-hydrogen) atoms. The molecule has 4 nitrogen and oxygen atoms in total. The van der Waals surface area contributed by atoms with Crippen molar-refractivity contribution in [1.29, 1.82) is 0 Å². The zero-order valence-electron chi connectivity index (χ0n) is 13.6. The van der Waals surface area contributed by atoms with Gasteiger partial charge in [0.1, 0.15) is 10.8 Å². The number of aromatic nitrogens is 1. The highest BCUT2D eigenvalue weighted by Crippen LogP contribution is 2.44. The second kappa shape index (κ2) is 7.76. The molecule has 2 aliphatic heterocycles. The van der Waals surface area contributed by atoms with Crippen molar-refractivity contribution in [2.75, 3.05) is 20.1 Å². The van der Waals surface area contributed by atoms with E-state index in [0.29, 0.717) is 10.7 Å². The van der Waals surface area contributed by atoms with E-state index in [0.717, 1.165) is 31.5 Å². The molecule has 3 rings (SSSR count). The second-order valence-electron chi connectivity index (χ2n) is 4.74. The number of carbonyl (C=O) groups excluding carboxylic acids is 1. The standard InChI is InChI=1S/C12H13ClN2O2.2C2H6/c1-15-4-2-12(3-5-15)9-6-10(13)14-7-8(9)11(16)17-12;2*1-2/h6-7H,2-5H2,1H3;2*1-2H3. The van der Waals surface area contributed by atoms with Crippen LogP contribution >= 0.6 is 11.6 Å². The molecule has 0 bridgehead atoms. The Morgan fingerprint density at radius 1 is 1.24 bits per heavy atom. The first kappa shape index (κ1) is 17.9. The Morgan fingerprint density at radius 2 is 1.81 bits per heavy atom. The molecule has 0 atom stereocenters. The van der Waals surface area contributed by atoms with Gasteiger partial charge in [-0.3, -0.25) is 0 Å². The summed E-state index contributed by atoms with van der Waals surface area (Å²) in [6.45, 7) is 9.85. The molecule has 0 saturated carbocycles. The van der Waals surface area contributed by atoms with Gasteiger partial charge in [0.15, 0.2) is 0 Å². The van der Waals surface area contributed by atoms with Crippen molar-refractivity contribution >= 4 is 17.6 Å². The minimum Gasteiger partial charge on any atom is -0.450 e. The van der Waals surface area contributed by atoms with Crippen LogP contribution < -0.4 is 0 Å². The van der Waals surface area contributed by atoms with Crippen molar-refractivity contribution in [3.63, 3.8) is 0 Å². The summed E-state index contributed by atoms with van der Waals surface area (Å²) >= 11 is 5.91. The number of ether oxygens (including phenoxy) is 1. The minimum absolute atomic E-state index is 0.270. The molecular formula is C16H25ClN2O2. The van der Waals surface area contributed by atoms with Gasteiger partial charge in [-0.05, 0) is 13.1 Å². The number of halogens is 1. The zero-order valence-corrected chi connectivity index (χ0v) is 14.3. The molecule has 1 saturated heterocycles. The minimum atomic E-state index is -0.467. The Kier molecular flexibility index (Phi) is 6.62. The lowest BCUT2D eigenvalue weighted by atomic mass is 9.84. The third-order valence-corrected chi connectivity index (χ3v) is 3.87. The summed E-state index contributed by atoms with van der Waals surface area (Å²) in [6.07, 6.45) is 3.16. The molecule has 0 amide bonds. The number of carbonyl (C=O) groups is 1. The molecule has 0 radical (unpaired) electrons. The van der Waals surface area contributed by atoms with Gasteiger partial charge in [0.25, 0.3) is 0 Å². The lowest BCUT2D eigenvalue weighted by molar-refractivity contribution is -0.0394. The van der Waals surface area contributed by atoms with Crippen LogP contribution in [0.15, 0.2) is 12.3 Å². The maximum atomic E-state index is 11.8. The third kappa shape index (κ3) is 3.55. The van der Waals surface area contributed by atoms with Crippen molar-refractivity contribution in [1.82, 2.24) is 9.88 Å². The number of piperidine rings is 1. The van der Waals surface area contributed by atoms with Gasteiger partial charge in [0.05, 0.1) is 5.56 Å². The molecule has 118 valence electrons. The number of pyridine rings is 1. The highest BCUT2D eigenvalue weighted by molar-refractivity contribution is 6.29. The van der Waals surface area contributed by atoms with Crippen LogP contribution in [0.4, 0.5) is 0 Å². The number of nitrogens with zero attached hydrogens (tertiary/aromatic N) is 2. The summed E-state index contributed by atoms with van der Waals surface area (Å²) in [7, 11) is 2.07. The predicted octanol–water partition coefficient (Wildman–Crippen LogP) is 3.88. The van der Waals surface area contributed by atoms with Gasteiger partial charge in [-0.15, -0.1) is 0 Å². The van der Waals surface area contributed by atoms with E-state index in [1.54, 1.807) is 6.07 Å². The van der Waals surface area contributed by atoms with Crippen LogP contribution in [0.2, 0.25) is 5.15 Å². The predicted molar refractivity (Wildman–Crippen MR) is 85.8 cm³/mol. The SMILES string of the molecule is CC.CC.CN1CCC2(CC1)OC(=O)c1cnc(Cl)cc12. The zero-order chi connectivity index (χ0) is 16.0. The lowest BCUT2D eigenvalue weighted by Crippen LogP contribution is -2.41. The Bertz CT molecular complexity index is 483. The molecule has 5 heteroatoms. The van der Waals surface area contributed by atoms with Gasteiger partial charge >= 0.3 is 5.97 Å². The highest BCUT2D eigenvalue weighted by Gasteiger charge is 2.47. The molecular weight excluding hydrogens is 288 g/mol. The van der Waals surface area contributed by atoms with Crippen LogP contribution in [-0.4, -0.2) is 36.0 Å². The smallest absolute Gasteiger partial charge is 0.341 e. The summed E-state index contributed by atoms with van der Waals surface area (Å²) in [4.78, 5) is 18.0. The van der Waals surface area contributed by atoms with Gasteiger partial charge in [0, 0.05) is 37.7 Å². The molecule has 3 heterocycles. The van der Waals surface area contributed by atoms with Crippen molar-refractivity contribution in [2.24, 2.45) is 0 Å². The monoisotopic (exact) mass is 312 g/mol. The topological polar surface area (TPSA) is 42.4 Å². The van der Waals surface area contributed by atoms with Gasteiger partial charge < -0.3 is 9.64 Å². The third-order valence-electron chi connectivity index (χ3n) is 3.66.